The van der Waals surface area contributed by atoms with E-state index in [9.17, 15) is 12.8 Å². The van der Waals surface area contributed by atoms with Crippen LogP contribution in [0.2, 0.25) is 5.02 Å². The summed E-state index contributed by atoms with van der Waals surface area (Å²) in [5, 5.41) is -0.195. The Morgan fingerprint density at radius 3 is 2.60 bits per heavy atom. The first-order valence-corrected chi connectivity index (χ1v) is 7.96. The van der Waals surface area contributed by atoms with E-state index in [0.717, 1.165) is 12.1 Å². The van der Waals surface area contributed by atoms with Crippen molar-refractivity contribution < 1.29 is 17.5 Å². The molecule has 5 nitrogen and oxygen atoms in total. The van der Waals surface area contributed by atoms with E-state index in [1.54, 1.807) is 6.92 Å². The fourth-order valence-corrected chi connectivity index (χ4v) is 4.07. The first-order valence-electron chi connectivity index (χ1n) is 6.10. The Balaban J connectivity index is 2.33. The molecule has 0 saturated carbocycles. The number of ether oxygens (including phenoxy) is 1. The van der Waals surface area contributed by atoms with Crippen LogP contribution < -0.4 is 10.5 Å². The number of nitrogen functional groups attached to an aromatic ring is 1. The molecule has 1 aliphatic heterocycles. The number of halogens is 2. The Labute approximate surface area is 122 Å². The van der Waals surface area contributed by atoms with Crippen molar-refractivity contribution in [2.45, 2.75) is 30.2 Å². The minimum Gasteiger partial charge on any atom is -0.396 e. The lowest BCUT2D eigenvalue weighted by Gasteiger charge is -2.34. The van der Waals surface area contributed by atoms with Crippen molar-refractivity contribution in [3.8, 4) is 0 Å². The zero-order valence-corrected chi connectivity index (χ0v) is 12.5. The van der Waals surface area contributed by atoms with Crippen LogP contribution in [0.3, 0.4) is 0 Å². The molecular formula is C12H16ClFN2O3S. The maximum absolute atomic E-state index is 13.2. The van der Waals surface area contributed by atoms with Crippen molar-refractivity contribution >= 4 is 27.3 Å². The van der Waals surface area contributed by atoms with E-state index in [4.69, 9.17) is 22.1 Å². The van der Waals surface area contributed by atoms with Crippen molar-refractivity contribution in [3.05, 3.63) is 23.0 Å². The predicted molar refractivity (Wildman–Crippen MR) is 74.6 cm³/mol. The van der Waals surface area contributed by atoms with E-state index in [0.29, 0.717) is 26.1 Å². The molecule has 0 aliphatic carbocycles. The summed E-state index contributed by atoms with van der Waals surface area (Å²) < 4.78 is 45.8. The fraction of sp³-hybridized carbons (Fsp3) is 0.500. The van der Waals surface area contributed by atoms with Crippen LogP contribution in [0.4, 0.5) is 10.1 Å². The van der Waals surface area contributed by atoms with Gasteiger partial charge in [-0.3, -0.25) is 0 Å². The van der Waals surface area contributed by atoms with Gasteiger partial charge in [-0.05, 0) is 31.9 Å². The van der Waals surface area contributed by atoms with E-state index in [1.807, 2.05) is 0 Å². The fourth-order valence-electron chi connectivity index (χ4n) is 2.05. The second-order valence-electron chi connectivity index (χ2n) is 5.08. The van der Waals surface area contributed by atoms with E-state index >= 15 is 0 Å². The molecule has 0 amide bonds. The molecule has 1 aliphatic rings. The molecule has 0 atom stereocenters. The monoisotopic (exact) mass is 322 g/mol. The zero-order valence-electron chi connectivity index (χ0n) is 10.9. The van der Waals surface area contributed by atoms with Crippen LogP contribution >= 0.6 is 11.6 Å². The lowest BCUT2D eigenvalue weighted by atomic mass is 9.94. The molecule has 20 heavy (non-hydrogen) atoms. The van der Waals surface area contributed by atoms with E-state index in [2.05, 4.69) is 4.72 Å². The maximum atomic E-state index is 13.2. The Kier molecular flexibility index (Phi) is 4.24. The number of anilines is 1. The van der Waals surface area contributed by atoms with E-state index in [1.165, 1.54) is 0 Å². The highest BCUT2D eigenvalue weighted by Gasteiger charge is 2.33. The number of nitrogens with one attached hydrogen (secondary N) is 1. The molecule has 1 fully saturated rings. The first kappa shape index (κ1) is 15.5. The standard InChI is InChI=1S/C12H16ClFN2O3S/c1-12(2-4-19-5-3-12)16-20(17,18)11-7-10(15)9(14)6-8(11)13/h6-7,16H,2-5,15H2,1H3. The second-order valence-corrected chi connectivity index (χ2v) is 7.14. The summed E-state index contributed by atoms with van der Waals surface area (Å²) in [6.45, 7) is 2.77. The number of hydrogen-bond acceptors (Lipinski definition) is 4. The normalized spacial score (nSPS) is 18.9. The summed E-state index contributed by atoms with van der Waals surface area (Å²) in [4.78, 5) is -0.217. The van der Waals surface area contributed by atoms with Crippen LogP contribution in [-0.2, 0) is 14.8 Å². The molecule has 2 rings (SSSR count). The molecule has 3 N–H and O–H groups in total. The van der Waals surface area contributed by atoms with Gasteiger partial charge in [-0.1, -0.05) is 11.6 Å². The number of hydrogen-bond donors (Lipinski definition) is 2. The summed E-state index contributed by atoms with van der Waals surface area (Å²) in [6.07, 6.45) is 1.11. The van der Waals surface area contributed by atoms with Crippen molar-refractivity contribution in [3.63, 3.8) is 0 Å². The average Bonchev–Trinajstić information content (AvgIpc) is 2.33. The Bertz CT molecular complexity index is 615. The number of benzene rings is 1. The molecule has 1 saturated heterocycles. The van der Waals surface area contributed by atoms with Crippen LogP contribution in [0.5, 0.6) is 0 Å². The van der Waals surface area contributed by atoms with Gasteiger partial charge in [0.25, 0.3) is 0 Å². The van der Waals surface area contributed by atoms with Gasteiger partial charge in [0.1, 0.15) is 10.7 Å². The quantitative estimate of drug-likeness (QED) is 0.833. The highest BCUT2D eigenvalue weighted by atomic mass is 35.5. The molecule has 0 radical (unpaired) electrons. The number of sulfonamides is 1. The Hall–Kier alpha value is -0.890. The highest BCUT2D eigenvalue weighted by Crippen LogP contribution is 2.29. The van der Waals surface area contributed by atoms with Crippen molar-refractivity contribution in [2.75, 3.05) is 18.9 Å². The van der Waals surface area contributed by atoms with Crippen LogP contribution in [0.1, 0.15) is 19.8 Å². The average molecular weight is 323 g/mol. The van der Waals surface area contributed by atoms with Crippen LogP contribution in [0.15, 0.2) is 17.0 Å². The van der Waals surface area contributed by atoms with Crippen LogP contribution in [-0.4, -0.2) is 27.2 Å². The van der Waals surface area contributed by atoms with Crippen LogP contribution in [0.25, 0.3) is 0 Å². The van der Waals surface area contributed by atoms with Gasteiger partial charge >= 0.3 is 0 Å². The predicted octanol–water partition coefficient (Wildman–Crippen LogP) is 1.91. The minimum absolute atomic E-state index is 0.195. The van der Waals surface area contributed by atoms with Gasteiger partial charge < -0.3 is 10.5 Å². The molecule has 0 aromatic heterocycles. The largest absolute Gasteiger partial charge is 0.396 e. The van der Waals surface area contributed by atoms with Gasteiger partial charge in [-0.15, -0.1) is 0 Å². The lowest BCUT2D eigenvalue weighted by Crippen LogP contribution is -2.49. The minimum atomic E-state index is -3.87. The maximum Gasteiger partial charge on any atom is 0.242 e. The number of nitrogens with two attached hydrogens (primary N) is 1. The van der Waals surface area contributed by atoms with Crippen molar-refractivity contribution in [1.29, 1.82) is 0 Å². The number of rotatable bonds is 3. The van der Waals surface area contributed by atoms with Crippen LogP contribution in [0, 0.1) is 5.82 Å². The Morgan fingerprint density at radius 1 is 1.40 bits per heavy atom. The molecular weight excluding hydrogens is 307 g/mol. The molecule has 0 bridgehead atoms. The van der Waals surface area contributed by atoms with Crippen molar-refractivity contribution in [2.24, 2.45) is 0 Å². The van der Waals surface area contributed by atoms with Gasteiger partial charge in [0, 0.05) is 18.8 Å². The topological polar surface area (TPSA) is 81.4 Å². The van der Waals surface area contributed by atoms with Gasteiger partial charge in [0.05, 0.1) is 10.7 Å². The van der Waals surface area contributed by atoms with Gasteiger partial charge in [0.2, 0.25) is 10.0 Å². The summed E-state index contributed by atoms with van der Waals surface area (Å²) in [6, 6.07) is 1.93. The molecule has 112 valence electrons. The van der Waals surface area contributed by atoms with E-state index in [-0.39, 0.29) is 15.6 Å². The summed E-state index contributed by atoms with van der Waals surface area (Å²) >= 11 is 5.81. The smallest absolute Gasteiger partial charge is 0.242 e. The summed E-state index contributed by atoms with van der Waals surface area (Å²) in [5.74, 6) is -0.744. The molecule has 0 spiro atoms. The zero-order chi connectivity index (χ0) is 15.0. The molecule has 1 aromatic carbocycles. The molecule has 0 unspecified atom stereocenters. The Morgan fingerprint density at radius 2 is 2.00 bits per heavy atom. The second kappa shape index (κ2) is 5.48. The molecule has 1 aromatic rings. The SMILES string of the molecule is CC1(NS(=O)(=O)c2cc(N)c(F)cc2Cl)CCOCC1. The van der Waals surface area contributed by atoms with Gasteiger partial charge in [-0.25, -0.2) is 17.5 Å². The van der Waals surface area contributed by atoms with Gasteiger partial charge in [0.15, 0.2) is 0 Å². The molecule has 8 heteroatoms. The molecule has 1 heterocycles. The third-order valence-corrected chi connectivity index (χ3v) is 5.42. The first-order chi connectivity index (χ1) is 9.23. The third-order valence-electron chi connectivity index (χ3n) is 3.32. The van der Waals surface area contributed by atoms with E-state index < -0.39 is 21.4 Å². The summed E-state index contributed by atoms with van der Waals surface area (Å²) in [7, 11) is -3.87. The summed E-state index contributed by atoms with van der Waals surface area (Å²) in [5.41, 5.74) is 4.54. The highest BCUT2D eigenvalue weighted by molar-refractivity contribution is 7.89. The third kappa shape index (κ3) is 3.22. The van der Waals surface area contributed by atoms with Gasteiger partial charge in [-0.2, -0.15) is 0 Å². The lowest BCUT2D eigenvalue weighted by molar-refractivity contribution is 0.0537. The van der Waals surface area contributed by atoms with Crippen molar-refractivity contribution in [1.82, 2.24) is 4.72 Å².